The first-order valence-corrected chi connectivity index (χ1v) is 7.16. The average Bonchev–Trinajstić information content (AvgIpc) is 2.46. The Morgan fingerprint density at radius 3 is 1.52 bits per heavy atom. The fourth-order valence-corrected chi connectivity index (χ4v) is 2.31. The number of hydrogen-bond acceptors (Lipinski definition) is 2. The Morgan fingerprint density at radius 2 is 1.09 bits per heavy atom. The van der Waals surface area contributed by atoms with Crippen LogP contribution in [-0.4, -0.2) is 10.2 Å². The lowest BCUT2D eigenvalue weighted by Gasteiger charge is -2.31. The van der Waals surface area contributed by atoms with Crippen LogP contribution in [0, 0.1) is 0 Å². The first-order chi connectivity index (χ1) is 10.5. The van der Waals surface area contributed by atoms with Gasteiger partial charge in [-0.2, -0.15) is 8.78 Å². The molecule has 0 fully saturated rings. The highest BCUT2D eigenvalue weighted by Crippen LogP contribution is 2.48. The van der Waals surface area contributed by atoms with Crippen LogP contribution in [0.15, 0.2) is 48.5 Å². The van der Waals surface area contributed by atoms with Crippen molar-refractivity contribution < 1.29 is 23.4 Å². The Morgan fingerprint density at radius 1 is 0.696 bits per heavy atom. The molecule has 0 bridgehead atoms. The van der Waals surface area contributed by atoms with Gasteiger partial charge < -0.3 is 10.2 Å². The summed E-state index contributed by atoms with van der Waals surface area (Å²) >= 11 is 0. The lowest BCUT2D eigenvalue weighted by molar-refractivity contribution is -0.141. The summed E-state index contributed by atoms with van der Waals surface area (Å²) < 4.78 is 44.2. The number of phenols is 1. The molecule has 23 heavy (non-hydrogen) atoms. The molecule has 2 rings (SSSR count). The molecule has 0 spiro atoms. The molecule has 2 nitrogen and oxygen atoms in total. The lowest BCUT2D eigenvalue weighted by Crippen LogP contribution is -2.36. The average molecular weight is 324 g/mol. The fourth-order valence-electron chi connectivity index (χ4n) is 2.31. The Labute approximate surface area is 133 Å². The van der Waals surface area contributed by atoms with Gasteiger partial charge in [-0.05, 0) is 44.0 Å². The predicted octanol–water partition coefficient (Wildman–Crippen LogP) is 4.60. The maximum absolute atomic E-state index is 14.9. The zero-order valence-corrected chi connectivity index (χ0v) is 13.1. The van der Waals surface area contributed by atoms with Gasteiger partial charge in [-0.3, -0.25) is 0 Å². The number of aliphatic hydroxyl groups is 1. The van der Waals surface area contributed by atoms with Gasteiger partial charge in [0.15, 0.2) is 0 Å². The molecule has 0 aliphatic rings. The molecular weight excluding hydrogens is 305 g/mol. The van der Waals surface area contributed by atoms with Crippen LogP contribution in [0.25, 0.3) is 0 Å². The summed E-state index contributed by atoms with van der Waals surface area (Å²) in [6, 6.07) is 9.55. The van der Waals surface area contributed by atoms with Crippen LogP contribution in [0.3, 0.4) is 0 Å². The number of benzene rings is 2. The van der Waals surface area contributed by atoms with Gasteiger partial charge in [-0.15, -0.1) is 0 Å². The normalized spacial score (nSPS) is 15.3. The molecule has 0 aliphatic heterocycles. The molecule has 0 heterocycles. The molecule has 2 aromatic rings. The zero-order valence-electron chi connectivity index (χ0n) is 13.1. The van der Waals surface area contributed by atoms with E-state index in [1.165, 1.54) is 38.1 Å². The number of rotatable bonds is 4. The van der Waals surface area contributed by atoms with E-state index in [-0.39, 0.29) is 11.3 Å². The van der Waals surface area contributed by atoms with E-state index in [0.717, 1.165) is 31.2 Å². The minimum absolute atomic E-state index is 0.123. The molecular formula is C18H19F3O2. The summed E-state index contributed by atoms with van der Waals surface area (Å²) in [6.45, 7) is 3.88. The molecule has 2 aromatic carbocycles. The molecule has 0 saturated carbocycles. The Balaban J connectivity index is 2.41. The summed E-state index contributed by atoms with van der Waals surface area (Å²) in [4.78, 5) is 0. The van der Waals surface area contributed by atoms with E-state index >= 15 is 0 Å². The number of alkyl halides is 3. The molecule has 1 atom stereocenters. The maximum Gasteiger partial charge on any atom is 0.310 e. The summed E-state index contributed by atoms with van der Waals surface area (Å²) in [7, 11) is 0. The van der Waals surface area contributed by atoms with E-state index in [1.54, 1.807) is 0 Å². The second kappa shape index (κ2) is 5.57. The minimum atomic E-state index is -3.78. The molecule has 1 unspecified atom stereocenters. The standard InChI is InChI=1S/C18H19F3O2/c1-16(2,23)12-4-6-14(7-5-12)18(20,21)17(3,19)13-8-10-15(22)11-9-13/h4-11,22-23H,1-3H3. The molecule has 124 valence electrons. The molecule has 0 aliphatic carbocycles. The third kappa shape index (κ3) is 3.20. The third-order valence-corrected chi connectivity index (χ3v) is 3.95. The van der Waals surface area contributed by atoms with E-state index in [1.807, 2.05) is 0 Å². The highest BCUT2D eigenvalue weighted by molar-refractivity contribution is 5.36. The van der Waals surface area contributed by atoms with Gasteiger partial charge >= 0.3 is 5.92 Å². The van der Waals surface area contributed by atoms with Crippen molar-refractivity contribution in [3.05, 3.63) is 65.2 Å². The Kier molecular flexibility index (Phi) is 4.20. The second-order valence-electron chi connectivity index (χ2n) is 6.26. The molecule has 0 aromatic heterocycles. The lowest BCUT2D eigenvalue weighted by atomic mass is 9.85. The summed E-state index contributed by atoms with van der Waals surface area (Å²) in [5.41, 5.74) is -4.36. The van der Waals surface area contributed by atoms with Crippen LogP contribution in [0.4, 0.5) is 13.2 Å². The third-order valence-electron chi connectivity index (χ3n) is 3.95. The van der Waals surface area contributed by atoms with E-state index in [0.29, 0.717) is 5.56 Å². The summed E-state index contributed by atoms with van der Waals surface area (Å²) in [5, 5.41) is 19.1. The quantitative estimate of drug-likeness (QED) is 0.863. The smallest absolute Gasteiger partial charge is 0.310 e. The van der Waals surface area contributed by atoms with Gasteiger partial charge in [0, 0.05) is 5.56 Å². The monoisotopic (exact) mass is 324 g/mol. The molecule has 0 radical (unpaired) electrons. The van der Waals surface area contributed by atoms with Crippen LogP contribution in [0.1, 0.15) is 37.5 Å². The predicted molar refractivity (Wildman–Crippen MR) is 82.1 cm³/mol. The largest absolute Gasteiger partial charge is 0.508 e. The zero-order chi connectivity index (χ0) is 17.5. The number of halogens is 3. The van der Waals surface area contributed by atoms with Gasteiger partial charge in [0.05, 0.1) is 5.60 Å². The highest BCUT2D eigenvalue weighted by atomic mass is 19.3. The van der Waals surface area contributed by atoms with E-state index in [2.05, 4.69) is 0 Å². The highest BCUT2D eigenvalue weighted by Gasteiger charge is 2.53. The van der Waals surface area contributed by atoms with Crippen LogP contribution in [-0.2, 0) is 17.2 Å². The van der Waals surface area contributed by atoms with Crippen LogP contribution in [0.5, 0.6) is 5.75 Å². The van der Waals surface area contributed by atoms with Crippen LogP contribution < -0.4 is 0 Å². The summed E-state index contributed by atoms with van der Waals surface area (Å²) in [6.07, 6.45) is 0. The van der Waals surface area contributed by atoms with Crippen LogP contribution >= 0.6 is 0 Å². The van der Waals surface area contributed by atoms with Crippen molar-refractivity contribution in [3.8, 4) is 5.75 Å². The van der Waals surface area contributed by atoms with Gasteiger partial charge in [0.1, 0.15) is 5.75 Å². The van der Waals surface area contributed by atoms with Gasteiger partial charge in [0.25, 0.3) is 0 Å². The van der Waals surface area contributed by atoms with Gasteiger partial charge in [-0.1, -0.05) is 36.4 Å². The van der Waals surface area contributed by atoms with Crippen molar-refractivity contribution in [2.24, 2.45) is 0 Å². The molecule has 0 saturated heterocycles. The topological polar surface area (TPSA) is 40.5 Å². The minimum Gasteiger partial charge on any atom is -0.508 e. The number of hydrogen-bond donors (Lipinski definition) is 2. The SMILES string of the molecule is CC(C)(O)c1ccc(C(F)(F)C(C)(F)c2ccc(O)cc2)cc1. The van der Waals surface area contributed by atoms with Crippen molar-refractivity contribution in [2.75, 3.05) is 0 Å². The van der Waals surface area contributed by atoms with Crippen molar-refractivity contribution in [1.29, 1.82) is 0 Å². The van der Waals surface area contributed by atoms with E-state index in [4.69, 9.17) is 0 Å². The Bertz CT molecular complexity index is 669. The first kappa shape index (κ1) is 17.3. The molecule has 0 amide bonds. The Hall–Kier alpha value is -2.01. The van der Waals surface area contributed by atoms with Crippen LogP contribution in [0.2, 0.25) is 0 Å². The van der Waals surface area contributed by atoms with Gasteiger partial charge in [0.2, 0.25) is 5.67 Å². The van der Waals surface area contributed by atoms with Crippen molar-refractivity contribution in [1.82, 2.24) is 0 Å². The van der Waals surface area contributed by atoms with Gasteiger partial charge in [-0.25, -0.2) is 4.39 Å². The van der Waals surface area contributed by atoms with Crippen molar-refractivity contribution in [3.63, 3.8) is 0 Å². The van der Waals surface area contributed by atoms with E-state index < -0.39 is 22.8 Å². The number of phenolic OH excluding ortho intramolecular Hbond substituents is 1. The van der Waals surface area contributed by atoms with Crippen molar-refractivity contribution in [2.45, 2.75) is 38.0 Å². The van der Waals surface area contributed by atoms with E-state index in [9.17, 15) is 23.4 Å². The number of aromatic hydroxyl groups is 1. The molecule has 2 N–H and O–H groups in total. The van der Waals surface area contributed by atoms with Crippen molar-refractivity contribution >= 4 is 0 Å². The summed E-state index contributed by atoms with van der Waals surface area (Å²) in [5.74, 6) is -3.90. The first-order valence-electron chi connectivity index (χ1n) is 7.16. The fraction of sp³-hybridized carbons (Fsp3) is 0.333. The second-order valence-corrected chi connectivity index (χ2v) is 6.26. The molecule has 5 heteroatoms. The maximum atomic E-state index is 14.9.